The van der Waals surface area contributed by atoms with Gasteiger partial charge in [-0.3, -0.25) is 5.01 Å². The van der Waals surface area contributed by atoms with E-state index in [-0.39, 0.29) is 10.8 Å². The summed E-state index contributed by atoms with van der Waals surface area (Å²) in [5.74, 6) is 0.402. The summed E-state index contributed by atoms with van der Waals surface area (Å²) in [6.45, 7) is 18.8. The van der Waals surface area contributed by atoms with Crippen LogP contribution in [0.3, 0.4) is 0 Å². The van der Waals surface area contributed by atoms with Crippen LogP contribution in [-0.2, 0) is 10.8 Å². The van der Waals surface area contributed by atoms with Crippen LogP contribution in [-0.4, -0.2) is 28.9 Å². The van der Waals surface area contributed by atoms with E-state index in [9.17, 15) is 5.11 Å². The molecule has 0 amide bonds. The van der Waals surface area contributed by atoms with Crippen LogP contribution in [0.2, 0.25) is 0 Å². The largest absolute Gasteiger partial charge is 0.507 e. The van der Waals surface area contributed by atoms with Crippen molar-refractivity contribution in [2.24, 2.45) is 5.10 Å². The highest BCUT2D eigenvalue weighted by atomic mass is 16.3. The lowest BCUT2D eigenvalue weighted by Crippen LogP contribution is -2.22. The predicted octanol–water partition coefficient (Wildman–Crippen LogP) is 6.08. The Labute approximate surface area is 171 Å². The molecule has 0 saturated heterocycles. The van der Waals surface area contributed by atoms with Crippen molar-refractivity contribution in [3.05, 3.63) is 64.7 Å². The number of hydrogen-bond acceptors (Lipinski definition) is 3. The van der Waals surface area contributed by atoms with Crippen LogP contribution >= 0.6 is 0 Å². The van der Waals surface area contributed by atoms with Gasteiger partial charge in [-0.2, -0.15) is 5.10 Å². The number of benzene rings is 2. The van der Waals surface area contributed by atoms with E-state index in [1.165, 1.54) is 0 Å². The SMILES string of the molecule is CCN(CC)N=C(c1ccccc1)c1cc(C(C)(C)C)c(O)c(C(C)(C)C)c1. The number of nitrogens with zero attached hydrogens (tertiary/aromatic N) is 2. The zero-order chi connectivity index (χ0) is 21.1. The molecule has 3 nitrogen and oxygen atoms in total. The van der Waals surface area contributed by atoms with Crippen LogP contribution in [0.5, 0.6) is 5.75 Å². The third kappa shape index (κ3) is 4.95. The van der Waals surface area contributed by atoms with E-state index < -0.39 is 0 Å². The smallest absolute Gasteiger partial charge is 0.123 e. The minimum Gasteiger partial charge on any atom is -0.507 e. The van der Waals surface area contributed by atoms with Gasteiger partial charge in [0.15, 0.2) is 0 Å². The molecule has 1 N–H and O–H groups in total. The van der Waals surface area contributed by atoms with Gasteiger partial charge in [-0.15, -0.1) is 0 Å². The van der Waals surface area contributed by atoms with Crippen molar-refractivity contribution in [3.63, 3.8) is 0 Å². The van der Waals surface area contributed by atoms with Crippen molar-refractivity contribution < 1.29 is 5.11 Å². The molecule has 0 atom stereocenters. The Hall–Kier alpha value is -2.29. The van der Waals surface area contributed by atoms with Gasteiger partial charge in [-0.25, -0.2) is 0 Å². The Balaban J connectivity index is 2.83. The van der Waals surface area contributed by atoms with Gasteiger partial charge in [0, 0.05) is 35.3 Å². The first-order valence-corrected chi connectivity index (χ1v) is 10.3. The molecule has 3 heteroatoms. The molecule has 0 radical (unpaired) electrons. The molecular formula is C25H36N2O. The molecule has 0 spiro atoms. The van der Waals surface area contributed by atoms with Crippen LogP contribution in [0, 0.1) is 0 Å². The van der Waals surface area contributed by atoms with Gasteiger partial charge < -0.3 is 5.11 Å². The van der Waals surface area contributed by atoms with E-state index in [4.69, 9.17) is 5.10 Å². The summed E-state index contributed by atoms with van der Waals surface area (Å²) in [4.78, 5) is 0. The highest BCUT2D eigenvalue weighted by Gasteiger charge is 2.27. The molecular weight excluding hydrogens is 344 g/mol. The molecule has 0 saturated carbocycles. The van der Waals surface area contributed by atoms with Crippen molar-refractivity contribution in [1.82, 2.24) is 5.01 Å². The topological polar surface area (TPSA) is 35.8 Å². The van der Waals surface area contributed by atoms with Gasteiger partial charge in [0.1, 0.15) is 5.75 Å². The lowest BCUT2D eigenvalue weighted by molar-refractivity contribution is 0.322. The van der Waals surface area contributed by atoms with Gasteiger partial charge in [-0.1, -0.05) is 71.9 Å². The molecule has 0 aliphatic carbocycles. The van der Waals surface area contributed by atoms with Crippen LogP contribution < -0.4 is 0 Å². The maximum Gasteiger partial charge on any atom is 0.123 e. The van der Waals surface area contributed by atoms with Crippen LogP contribution in [0.4, 0.5) is 0 Å². The standard InChI is InChI=1S/C25H36N2O/c1-9-27(10-2)26-22(18-14-12-11-13-15-18)19-16-20(24(3,4)5)23(28)21(17-19)25(6,7)8/h11-17,28H,9-10H2,1-8H3. The zero-order valence-electron chi connectivity index (χ0n) is 18.8. The maximum atomic E-state index is 11.1. The molecule has 152 valence electrons. The summed E-state index contributed by atoms with van der Waals surface area (Å²) >= 11 is 0. The van der Waals surface area contributed by atoms with E-state index in [0.29, 0.717) is 5.75 Å². The number of rotatable bonds is 5. The summed E-state index contributed by atoms with van der Waals surface area (Å²) < 4.78 is 0. The Bertz CT molecular complexity index is 785. The second kappa shape index (κ2) is 8.38. The molecule has 0 unspecified atom stereocenters. The highest BCUT2D eigenvalue weighted by molar-refractivity contribution is 6.13. The Morgan fingerprint density at radius 3 is 1.68 bits per heavy atom. The Kier molecular flexibility index (Phi) is 6.59. The summed E-state index contributed by atoms with van der Waals surface area (Å²) in [5, 5.41) is 18.1. The van der Waals surface area contributed by atoms with E-state index in [1.807, 2.05) is 18.2 Å². The molecule has 28 heavy (non-hydrogen) atoms. The van der Waals surface area contributed by atoms with Crippen molar-refractivity contribution in [3.8, 4) is 5.75 Å². The molecule has 0 heterocycles. The van der Waals surface area contributed by atoms with Gasteiger partial charge >= 0.3 is 0 Å². The van der Waals surface area contributed by atoms with Crippen LogP contribution in [0.15, 0.2) is 47.6 Å². The third-order valence-electron chi connectivity index (χ3n) is 5.02. The quantitative estimate of drug-likeness (QED) is 0.504. The van der Waals surface area contributed by atoms with Gasteiger partial charge in [0.05, 0.1) is 5.71 Å². The molecule has 2 aromatic carbocycles. The molecule has 2 aromatic rings. The lowest BCUT2D eigenvalue weighted by Gasteiger charge is -2.29. The number of hydrogen-bond donors (Lipinski definition) is 1. The average Bonchev–Trinajstić information content (AvgIpc) is 2.62. The Morgan fingerprint density at radius 2 is 1.29 bits per heavy atom. The normalized spacial score (nSPS) is 12.9. The minimum absolute atomic E-state index is 0.170. The number of hydrazone groups is 1. The summed E-state index contributed by atoms with van der Waals surface area (Å²) in [5.41, 5.74) is 4.65. The first-order chi connectivity index (χ1) is 13.0. The van der Waals surface area contributed by atoms with Crippen molar-refractivity contribution >= 4 is 5.71 Å². The molecule has 0 bridgehead atoms. The molecule has 0 aromatic heterocycles. The zero-order valence-corrected chi connectivity index (χ0v) is 18.8. The monoisotopic (exact) mass is 380 g/mol. The number of phenolic OH excluding ortho intramolecular Hbond substituents is 1. The van der Waals surface area contributed by atoms with E-state index in [0.717, 1.165) is 41.1 Å². The number of aromatic hydroxyl groups is 1. The molecule has 0 aliphatic heterocycles. The summed E-state index contributed by atoms with van der Waals surface area (Å²) in [6, 6.07) is 14.5. The van der Waals surface area contributed by atoms with Crippen LogP contribution in [0.25, 0.3) is 0 Å². The van der Waals surface area contributed by atoms with Crippen LogP contribution in [0.1, 0.15) is 77.6 Å². The lowest BCUT2D eigenvalue weighted by atomic mass is 9.77. The average molecular weight is 381 g/mol. The first-order valence-electron chi connectivity index (χ1n) is 10.3. The fourth-order valence-corrected chi connectivity index (χ4v) is 3.30. The fraction of sp³-hybridized carbons (Fsp3) is 0.480. The highest BCUT2D eigenvalue weighted by Crippen LogP contribution is 2.40. The number of phenols is 1. The van der Waals surface area contributed by atoms with Crippen molar-refractivity contribution in [2.75, 3.05) is 13.1 Å². The molecule has 2 rings (SSSR count). The van der Waals surface area contributed by atoms with E-state index in [2.05, 4.69) is 84.7 Å². The van der Waals surface area contributed by atoms with Gasteiger partial charge in [0.25, 0.3) is 0 Å². The second-order valence-corrected chi connectivity index (χ2v) is 9.37. The molecule has 0 aliphatic rings. The van der Waals surface area contributed by atoms with E-state index >= 15 is 0 Å². The maximum absolute atomic E-state index is 11.1. The summed E-state index contributed by atoms with van der Waals surface area (Å²) in [7, 11) is 0. The fourth-order valence-electron chi connectivity index (χ4n) is 3.30. The van der Waals surface area contributed by atoms with Gasteiger partial charge in [-0.05, 0) is 36.8 Å². The minimum atomic E-state index is -0.170. The van der Waals surface area contributed by atoms with E-state index in [1.54, 1.807) is 0 Å². The summed E-state index contributed by atoms with van der Waals surface area (Å²) in [6.07, 6.45) is 0. The van der Waals surface area contributed by atoms with Gasteiger partial charge in [0.2, 0.25) is 0 Å². The van der Waals surface area contributed by atoms with Crippen molar-refractivity contribution in [1.29, 1.82) is 0 Å². The predicted molar refractivity (Wildman–Crippen MR) is 121 cm³/mol. The Morgan fingerprint density at radius 1 is 0.821 bits per heavy atom. The first kappa shape index (κ1) is 22.0. The second-order valence-electron chi connectivity index (χ2n) is 9.37. The van der Waals surface area contributed by atoms with Crippen molar-refractivity contribution in [2.45, 2.75) is 66.2 Å². The third-order valence-corrected chi connectivity index (χ3v) is 5.02. The molecule has 0 fully saturated rings.